The summed E-state index contributed by atoms with van der Waals surface area (Å²) in [5.74, 6) is 0. The molecule has 0 atom stereocenters. The Bertz CT molecular complexity index is 1540. The Balaban J connectivity index is 1.72. The van der Waals surface area contributed by atoms with Crippen molar-refractivity contribution in [2.45, 2.75) is 116 Å². The third-order valence-electron chi connectivity index (χ3n) is 10.9. The van der Waals surface area contributed by atoms with E-state index in [1.54, 1.807) is 0 Å². The number of benzene rings is 2. The molecule has 2 nitrogen and oxygen atoms in total. The molecule has 0 spiro atoms. The lowest BCUT2D eigenvalue weighted by molar-refractivity contribution is 0.773. The molecule has 3 aromatic heterocycles. The molecule has 0 unspecified atom stereocenters. The number of aromatic nitrogens is 2. The third-order valence-corrected chi connectivity index (χ3v) is 25.6. The number of thiophene rings is 1. The summed E-state index contributed by atoms with van der Waals surface area (Å²) < 4.78 is 5.58. The van der Waals surface area contributed by atoms with Gasteiger partial charge in [-0.2, -0.15) is 0 Å². The predicted octanol–water partition coefficient (Wildman–Crippen LogP) is 13.0. The fraction of sp³-hybridized carbons (Fsp3) is 0.474. The summed E-state index contributed by atoms with van der Waals surface area (Å²) in [5, 5.41) is 2.78. The zero-order valence-electron chi connectivity index (χ0n) is 28.7. The first-order chi connectivity index (χ1) is 20.3. The highest BCUT2D eigenvalue weighted by atomic mass is 32.1. The van der Waals surface area contributed by atoms with Crippen LogP contribution in [-0.4, -0.2) is 24.9 Å². The van der Waals surface area contributed by atoms with Crippen molar-refractivity contribution in [2.24, 2.45) is 0 Å². The maximum absolute atomic E-state index is 2.79. The summed E-state index contributed by atoms with van der Waals surface area (Å²) in [6.45, 7) is 29.6. The van der Waals surface area contributed by atoms with Crippen molar-refractivity contribution in [2.75, 3.05) is 0 Å². The molecular weight excluding hydrogens is 573 g/mol. The van der Waals surface area contributed by atoms with Gasteiger partial charge in [0.25, 0.3) is 0 Å². The molecule has 0 radical (unpaired) electrons. The van der Waals surface area contributed by atoms with Crippen molar-refractivity contribution in [1.29, 1.82) is 0 Å². The molecule has 0 fully saturated rings. The molecule has 5 heteroatoms. The fourth-order valence-electron chi connectivity index (χ4n) is 9.69. The summed E-state index contributed by atoms with van der Waals surface area (Å²) in [6.07, 6.45) is 5.09. The van der Waals surface area contributed by atoms with Crippen LogP contribution in [0, 0.1) is 0 Å². The highest BCUT2D eigenvalue weighted by Gasteiger charge is 2.47. The topological polar surface area (TPSA) is 9.86 Å². The summed E-state index contributed by atoms with van der Waals surface area (Å²) in [6, 6.07) is 23.1. The number of hydrogen-bond acceptors (Lipinski definition) is 1. The molecule has 230 valence electrons. The van der Waals surface area contributed by atoms with Gasteiger partial charge in [-0.15, -0.1) is 11.3 Å². The molecule has 0 saturated heterocycles. The van der Waals surface area contributed by atoms with Gasteiger partial charge in [0.2, 0.25) is 0 Å². The zero-order chi connectivity index (χ0) is 31.4. The molecule has 0 N–H and O–H groups in total. The first-order valence-corrected chi connectivity index (χ1v) is 21.8. The van der Waals surface area contributed by atoms with Crippen LogP contribution in [0.5, 0.6) is 0 Å². The Hall–Kier alpha value is -2.35. The maximum atomic E-state index is 2.79. The van der Waals surface area contributed by atoms with Crippen LogP contribution in [0.4, 0.5) is 0 Å². The van der Waals surface area contributed by atoms with E-state index < -0.39 is 16.5 Å². The number of rotatable bonds is 10. The van der Waals surface area contributed by atoms with Gasteiger partial charge in [0, 0.05) is 55.1 Å². The van der Waals surface area contributed by atoms with Gasteiger partial charge in [0.15, 0.2) is 16.5 Å². The number of para-hydroxylation sites is 2. The van der Waals surface area contributed by atoms with Gasteiger partial charge < -0.3 is 8.47 Å². The Morgan fingerprint density at radius 1 is 0.442 bits per heavy atom. The molecule has 3 heterocycles. The molecule has 0 aliphatic rings. The molecular formula is C38H54N2SSi2. The minimum atomic E-state index is -1.90. The Morgan fingerprint density at radius 3 is 1.05 bits per heavy atom. The van der Waals surface area contributed by atoms with E-state index in [1.807, 2.05) is 11.3 Å². The normalized spacial score (nSPS) is 13.4. The molecule has 0 aliphatic heterocycles. The quantitative estimate of drug-likeness (QED) is 0.136. The first-order valence-electron chi connectivity index (χ1n) is 16.6. The van der Waals surface area contributed by atoms with E-state index in [0.717, 1.165) is 0 Å². The Kier molecular flexibility index (Phi) is 8.85. The lowest BCUT2D eigenvalue weighted by Gasteiger charge is -2.44. The van der Waals surface area contributed by atoms with Gasteiger partial charge in [-0.05, 0) is 57.5 Å². The molecule has 5 rings (SSSR count). The monoisotopic (exact) mass is 626 g/mol. The summed E-state index contributed by atoms with van der Waals surface area (Å²) in [4.78, 5) is 2.75. The highest BCUT2D eigenvalue weighted by molar-refractivity contribution is 7.19. The van der Waals surface area contributed by atoms with Crippen molar-refractivity contribution < 1.29 is 0 Å². The van der Waals surface area contributed by atoms with Crippen LogP contribution in [0.25, 0.3) is 42.7 Å². The largest absolute Gasteiger partial charge is 0.373 e. The number of fused-ring (bicyclic) bond motifs is 2. The first kappa shape index (κ1) is 32.1. The van der Waals surface area contributed by atoms with Gasteiger partial charge in [0.1, 0.15) is 0 Å². The van der Waals surface area contributed by atoms with E-state index in [1.165, 1.54) is 42.7 Å². The van der Waals surface area contributed by atoms with Crippen LogP contribution in [0.1, 0.15) is 83.1 Å². The van der Waals surface area contributed by atoms with E-state index in [4.69, 9.17) is 0 Å². The van der Waals surface area contributed by atoms with E-state index in [-0.39, 0.29) is 0 Å². The lowest BCUT2D eigenvalue weighted by Crippen LogP contribution is -2.51. The minimum absolute atomic E-state index is 0.647. The second kappa shape index (κ2) is 11.9. The van der Waals surface area contributed by atoms with Crippen LogP contribution in [0.3, 0.4) is 0 Å². The molecule has 43 heavy (non-hydrogen) atoms. The van der Waals surface area contributed by atoms with Gasteiger partial charge >= 0.3 is 0 Å². The van der Waals surface area contributed by atoms with Gasteiger partial charge in [-0.3, -0.25) is 0 Å². The van der Waals surface area contributed by atoms with Crippen LogP contribution < -0.4 is 0 Å². The predicted molar refractivity (Wildman–Crippen MR) is 199 cm³/mol. The highest BCUT2D eigenvalue weighted by Crippen LogP contribution is 2.49. The van der Waals surface area contributed by atoms with E-state index in [0.29, 0.717) is 33.2 Å². The Morgan fingerprint density at radius 2 is 0.744 bits per heavy atom. The summed E-state index contributed by atoms with van der Waals surface area (Å²) >= 11 is 1.97. The van der Waals surface area contributed by atoms with Crippen LogP contribution in [-0.2, 0) is 0 Å². The van der Waals surface area contributed by atoms with Crippen molar-refractivity contribution in [3.8, 4) is 20.9 Å². The van der Waals surface area contributed by atoms with E-state index in [9.17, 15) is 0 Å². The van der Waals surface area contributed by atoms with Crippen molar-refractivity contribution in [1.82, 2.24) is 8.47 Å². The summed E-state index contributed by atoms with van der Waals surface area (Å²) in [7, 11) is -3.80. The average molecular weight is 627 g/mol. The maximum Gasteiger partial charge on any atom is 0.169 e. The molecule has 0 saturated carbocycles. The van der Waals surface area contributed by atoms with Crippen molar-refractivity contribution in [3.05, 3.63) is 73.1 Å². The van der Waals surface area contributed by atoms with Crippen molar-refractivity contribution >= 4 is 49.6 Å². The molecule has 2 aromatic carbocycles. The standard InChI is InChI=1S/C38H54N2SSi2/c1-25(2)42(26(3)4,27(5)6)39-23-33(31-17-13-15-19-35(31)39)37-21-22-38(41-37)34-24-40(36-20-16-14-18-32(34)36)43(28(7)8,29(9)10)30(11)12/h13-30H,1-12H3. The van der Waals surface area contributed by atoms with Gasteiger partial charge in [0.05, 0.1) is 0 Å². The Labute approximate surface area is 267 Å². The zero-order valence-corrected chi connectivity index (χ0v) is 31.5. The number of hydrogen-bond donors (Lipinski definition) is 0. The summed E-state index contributed by atoms with van der Waals surface area (Å²) in [5.41, 5.74) is 9.49. The second-order valence-electron chi connectivity index (χ2n) is 14.7. The molecule has 0 aliphatic carbocycles. The van der Waals surface area contributed by atoms with Gasteiger partial charge in [-0.25, -0.2) is 0 Å². The smallest absolute Gasteiger partial charge is 0.169 e. The third kappa shape index (κ3) is 4.76. The van der Waals surface area contributed by atoms with Crippen LogP contribution in [0.15, 0.2) is 73.1 Å². The molecule has 0 amide bonds. The molecule has 0 bridgehead atoms. The number of nitrogens with zero attached hydrogens (tertiary/aromatic N) is 2. The van der Waals surface area contributed by atoms with Crippen molar-refractivity contribution in [3.63, 3.8) is 0 Å². The minimum Gasteiger partial charge on any atom is -0.373 e. The molecule has 5 aromatic rings. The SMILES string of the molecule is CC(C)[Si](C(C)C)(C(C)C)n1cc(-c2ccc(-c3cn([Si](C(C)C)(C(C)C)C(C)C)c4ccccc34)s2)c2ccccc21. The van der Waals surface area contributed by atoms with Gasteiger partial charge in [-0.1, -0.05) is 119 Å². The van der Waals surface area contributed by atoms with E-state index >= 15 is 0 Å². The average Bonchev–Trinajstić information content (AvgIpc) is 3.65. The second-order valence-corrected chi connectivity index (χ2v) is 27.3. The van der Waals surface area contributed by atoms with Crippen LogP contribution in [0.2, 0.25) is 33.2 Å². The van der Waals surface area contributed by atoms with Crippen LogP contribution >= 0.6 is 11.3 Å². The lowest BCUT2D eigenvalue weighted by atomic mass is 10.1. The fourth-order valence-corrected chi connectivity index (χ4v) is 24.0. The van der Waals surface area contributed by atoms with E-state index in [2.05, 4.69) is 165 Å².